The van der Waals surface area contributed by atoms with Crippen molar-refractivity contribution in [1.29, 1.82) is 0 Å². The molecule has 0 unspecified atom stereocenters. The first-order valence-electron chi connectivity index (χ1n) is 7.40. The first-order valence-corrected chi connectivity index (χ1v) is 9.28. The molecule has 0 amide bonds. The van der Waals surface area contributed by atoms with Gasteiger partial charge >= 0.3 is 0 Å². The molecule has 0 saturated carbocycles. The van der Waals surface area contributed by atoms with E-state index in [0.717, 1.165) is 11.3 Å². The Morgan fingerprint density at radius 2 is 2.08 bits per heavy atom. The monoisotopic (exact) mass is 374 g/mol. The van der Waals surface area contributed by atoms with E-state index in [4.69, 9.17) is 21.5 Å². The minimum absolute atomic E-state index is 0.112. The fourth-order valence-corrected chi connectivity index (χ4v) is 3.89. The van der Waals surface area contributed by atoms with Crippen LogP contribution in [-0.2, 0) is 10.2 Å². The number of nitrogens with zero attached hydrogens (tertiary/aromatic N) is 5. The molecule has 2 aromatic heterocycles. The number of hydrogen-bond acceptors (Lipinski definition) is 6. The van der Waals surface area contributed by atoms with Gasteiger partial charge in [0.2, 0.25) is 5.88 Å². The van der Waals surface area contributed by atoms with Crippen LogP contribution in [0.2, 0.25) is 5.02 Å². The lowest BCUT2D eigenvalue weighted by atomic mass is 10.1. The number of halogens is 1. The van der Waals surface area contributed by atoms with Crippen molar-refractivity contribution in [2.24, 2.45) is 5.14 Å². The third-order valence-electron chi connectivity index (χ3n) is 4.34. The second kappa shape index (κ2) is 6.36. The van der Waals surface area contributed by atoms with Crippen LogP contribution in [0, 0.1) is 0 Å². The first kappa shape index (κ1) is 17.2. The molecule has 0 aliphatic carbocycles. The molecule has 1 saturated heterocycles. The van der Waals surface area contributed by atoms with E-state index in [1.165, 1.54) is 24.8 Å². The highest BCUT2D eigenvalue weighted by Gasteiger charge is 2.29. The van der Waals surface area contributed by atoms with Crippen LogP contribution in [0.4, 0.5) is 5.82 Å². The number of methoxy groups -OCH3 is 1. The predicted octanol–water partition coefficient (Wildman–Crippen LogP) is 0.495. The molecule has 0 atom stereocenters. The van der Waals surface area contributed by atoms with Crippen LogP contribution in [-0.4, -0.2) is 60.6 Å². The Morgan fingerprint density at radius 3 is 2.67 bits per heavy atom. The molecule has 132 valence electrons. The van der Waals surface area contributed by atoms with Gasteiger partial charge in [0.1, 0.15) is 16.9 Å². The van der Waals surface area contributed by atoms with Crippen molar-refractivity contribution in [3.8, 4) is 5.88 Å². The molecule has 2 aromatic rings. The summed E-state index contributed by atoms with van der Waals surface area (Å²) in [6.07, 6.45) is 2.77. The Bertz CT molecular complexity index is 847. The van der Waals surface area contributed by atoms with Crippen molar-refractivity contribution >= 4 is 33.1 Å². The molecule has 0 spiro atoms. The minimum atomic E-state index is -3.67. The van der Waals surface area contributed by atoms with Crippen molar-refractivity contribution in [1.82, 2.24) is 18.9 Å². The summed E-state index contributed by atoms with van der Waals surface area (Å²) in [5.74, 6) is 1.20. The number of anilines is 1. The van der Waals surface area contributed by atoms with Gasteiger partial charge < -0.3 is 9.64 Å². The summed E-state index contributed by atoms with van der Waals surface area (Å²) < 4.78 is 31.0. The van der Waals surface area contributed by atoms with Crippen LogP contribution in [0.5, 0.6) is 5.88 Å². The molecular weight excluding hydrogens is 356 g/mol. The predicted molar refractivity (Wildman–Crippen MR) is 90.7 cm³/mol. The lowest BCUT2D eigenvalue weighted by Gasteiger charge is -2.36. The number of fused-ring (bicyclic) bond motifs is 1. The summed E-state index contributed by atoms with van der Waals surface area (Å²) in [5.41, 5.74) is 0.748. The van der Waals surface area contributed by atoms with E-state index >= 15 is 0 Å². The van der Waals surface area contributed by atoms with E-state index < -0.39 is 10.2 Å². The fraction of sp³-hybridized carbons (Fsp3) is 0.538. The Balaban J connectivity index is 1.84. The number of rotatable bonds is 4. The van der Waals surface area contributed by atoms with Gasteiger partial charge in [0.15, 0.2) is 5.82 Å². The summed E-state index contributed by atoms with van der Waals surface area (Å²) in [6.45, 7) is 1.31. The molecule has 24 heavy (non-hydrogen) atoms. The minimum Gasteiger partial charge on any atom is -0.480 e. The largest absolute Gasteiger partial charge is 0.480 e. The number of hydrogen-bond donors (Lipinski definition) is 1. The zero-order chi connectivity index (χ0) is 17.5. The van der Waals surface area contributed by atoms with Crippen LogP contribution in [0.1, 0.15) is 12.8 Å². The molecule has 2 N–H and O–H groups in total. The summed E-state index contributed by atoms with van der Waals surface area (Å²) in [5, 5.41) is 9.83. The van der Waals surface area contributed by atoms with E-state index in [-0.39, 0.29) is 6.04 Å². The van der Waals surface area contributed by atoms with Crippen LogP contribution < -0.4 is 14.8 Å². The van der Waals surface area contributed by atoms with E-state index in [9.17, 15) is 8.42 Å². The van der Waals surface area contributed by atoms with E-state index in [0.29, 0.717) is 36.8 Å². The average Bonchev–Trinajstić information content (AvgIpc) is 2.88. The maximum absolute atomic E-state index is 11.5. The Hall–Kier alpha value is -1.62. The second-order valence-electron chi connectivity index (χ2n) is 5.66. The molecule has 1 aliphatic heterocycles. The van der Waals surface area contributed by atoms with Gasteiger partial charge in [-0.05, 0) is 18.9 Å². The summed E-state index contributed by atoms with van der Waals surface area (Å²) in [6, 6.07) is 1.65. The lowest BCUT2D eigenvalue weighted by Crippen LogP contribution is -2.47. The van der Waals surface area contributed by atoms with E-state index in [1.807, 2.05) is 0 Å². The highest BCUT2D eigenvalue weighted by molar-refractivity contribution is 7.86. The van der Waals surface area contributed by atoms with E-state index in [1.54, 1.807) is 10.6 Å². The number of aromatic nitrogens is 3. The molecule has 0 aromatic carbocycles. The van der Waals surface area contributed by atoms with Gasteiger partial charge in [0.25, 0.3) is 10.2 Å². The maximum Gasteiger partial charge on any atom is 0.276 e. The zero-order valence-corrected chi connectivity index (χ0v) is 15.0. The maximum atomic E-state index is 11.5. The Morgan fingerprint density at radius 1 is 1.42 bits per heavy atom. The molecule has 3 heterocycles. The second-order valence-corrected chi connectivity index (χ2v) is 7.67. The molecule has 1 aliphatic rings. The summed E-state index contributed by atoms with van der Waals surface area (Å²) in [7, 11) is -0.632. The third kappa shape index (κ3) is 3.02. The van der Waals surface area contributed by atoms with Crippen LogP contribution in [0.15, 0.2) is 12.4 Å². The molecule has 1 fully saturated rings. The highest BCUT2D eigenvalue weighted by atomic mass is 35.5. The van der Waals surface area contributed by atoms with Crippen LogP contribution in [0.25, 0.3) is 5.52 Å². The van der Waals surface area contributed by atoms with Crippen LogP contribution >= 0.6 is 11.6 Å². The van der Waals surface area contributed by atoms with Gasteiger partial charge in [0, 0.05) is 26.2 Å². The van der Waals surface area contributed by atoms with Gasteiger partial charge in [-0.25, -0.2) is 10.1 Å². The van der Waals surface area contributed by atoms with E-state index in [2.05, 4.69) is 15.0 Å². The smallest absolute Gasteiger partial charge is 0.276 e. The van der Waals surface area contributed by atoms with Gasteiger partial charge in [-0.15, -0.1) is 0 Å². The SMILES string of the molecule is COc1c(Cl)cc2c(N3CCC(N(C)S(N)(=O)=O)CC3)ncnn12. The molecule has 11 heteroatoms. The molecular formula is C13H19ClN6O3S. The summed E-state index contributed by atoms with van der Waals surface area (Å²) >= 11 is 6.17. The van der Waals surface area contributed by atoms with Gasteiger partial charge in [0.05, 0.1) is 7.11 Å². The molecule has 3 rings (SSSR count). The fourth-order valence-electron chi connectivity index (χ4n) is 3.00. The van der Waals surface area contributed by atoms with Crippen molar-refractivity contribution in [2.75, 3.05) is 32.1 Å². The standard InChI is InChI=1S/C13H19ClN6O3S/c1-18(24(15,21)22)9-3-5-19(6-4-9)12-11-7-10(14)13(23-2)20(11)17-8-16-12/h7-9H,3-6H2,1-2H3,(H2,15,21,22). The zero-order valence-electron chi connectivity index (χ0n) is 13.4. The third-order valence-corrected chi connectivity index (χ3v) is 5.71. The quantitative estimate of drug-likeness (QED) is 0.835. The van der Waals surface area contributed by atoms with Crippen molar-refractivity contribution in [3.63, 3.8) is 0 Å². The number of nitrogens with two attached hydrogens (primary N) is 1. The van der Waals surface area contributed by atoms with Gasteiger partial charge in [-0.3, -0.25) is 0 Å². The topological polar surface area (TPSA) is 106 Å². The van der Waals surface area contributed by atoms with Crippen molar-refractivity contribution in [3.05, 3.63) is 17.4 Å². The van der Waals surface area contributed by atoms with Crippen molar-refractivity contribution < 1.29 is 13.2 Å². The first-order chi connectivity index (χ1) is 11.3. The van der Waals surface area contributed by atoms with Gasteiger partial charge in [-0.2, -0.15) is 22.3 Å². The molecule has 9 nitrogen and oxygen atoms in total. The van der Waals surface area contributed by atoms with Crippen molar-refractivity contribution in [2.45, 2.75) is 18.9 Å². The van der Waals surface area contributed by atoms with Crippen LogP contribution in [0.3, 0.4) is 0 Å². The average molecular weight is 375 g/mol. The number of ether oxygens (including phenoxy) is 1. The summed E-state index contributed by atoms with van der Waals surface area (Å²) in [4.78, 5) is 6.44. The normalized spacial score (nSPS) is 17.0. The van der Waals surface area contributed by atoms with Gasteiger partial charge in [-0.1, -0.05) is 11.6 Å². The number of piperidine rings is 1. The molecule has 0 bridgehead atoms. The Labute approximate surface area is 145 Å². The lowest BCUT2D eigenvalue weighted by molar-refractivity contribution is 0.312. The highest BCUT2D eigenvalue weighted by Crippen LogP contribution is 2.32. The Kier molecular flexibility index (Phi) is 4.56. The molecule has 0 radical (unpaired) electrons.